The van der Waals surface area contributed by atoms with E-state index in [0.717, 1.165) is 4.47 Å². The topological polar surface area (TPSA) is 55.4 Å². The maximum atomic E-state index is 11.8. The van der Waals surface area contributed by atoms with E-state index in [0.29, 0.717) is 18.6 Å². The van der Waals surface area contributed by atoms with E-state index in [1.54, 1.807) is 31.4 Å². The molecule has 1 amide bonds. The number of halogens is 1. The molecule has 4 nitrogen and oxygen atoms in total. The Morgan fingerprint density at radius 2 is 1.94 bits per heavy atom. The molecule has 0 heterocycles. The maximum Gasteiger partial charge on any atom is 0.292 e. The van der Waals surface area contributed by atoms with E-state index in [1.807, 2.05) is 6.92 Å². The van der Waals surface area contributed by atoms with Gasteiger partial charge in [0.25, 0.3) is 5.91 Å². The largest absolute Gasteiger partial charge is 0.385 e. The Labute approximate surface area is 115 Å². The molecule has 0 aliphatic heterocycles. The number of rotatable bonds is 6. The lowest BCUT2D eigenvalue weighted by Crippen LogP contribution is -2.38. The van der Waals surface area contributed by atoms with Crippen LogP contribution in [0.2, 0.25) is 0 Å². The highest BCUT2D eigenvalue weighted by molar-refractivity contribution is 9.10. The van der Waals surface area contributed by atoms with Crippen LogP contribution in [0.1, 0.15) is 23.7 Å². The summed E-state index contributed by atoms with van der Waals surface area (Å²) in [7, 11) is 1.60. The molecule has 1 aromatic rings. The van der Waals surface area contributed by atoms with E-state index in [-0.39, 0.29) is 6.04 Å². The highest BCUT2D eigenvalue weighted by Gasteiger charge is 2.17. The standard InChI is InChI=1S/C13H16BrNO3/c1-9(7-8-18-2)15-13(17)12(16)10-3-5-11(14)6-4-10/h3-6,9H,7-8H2,1-2H3,(H,15,17)/t9-/m1/s1. The SMILES string of the molecule is COCC[C@@H](C)NC(=O)C(=O)c1ccc(Br)cc1. The van der Waals surface area contributed by atoms with Gasteiger partial charge in [0.05, 0.1) is 0 Å². The number of nitrogens with one attached hydrogen (secondary N) is 1. The molecule has 98 valence electrons. The Kier molecular flexibility index (Phi) is 6.01. The van der Waals surface area contributed by atoms with Crippen molar-refractivity contribution in [3.63, 3.8) is 0 Å². The number of Topliss-reactive ketones (excluding diaryl/α,β-unsaturated/α-hetero) is 1. The molecule has 0 spiro atoms. The van der Waals surface area contributed by atoms with E-state index < -0.39 is 11.7 Å². The van der Waals surface area contributed by atoms with Gasteiger partial charge in [-0.3, -0.25) is 9.59 Å². The number of benzene rings is 1. The fourth-order valence-electron chi connectivity index (χ4n) is 1.39. The summed E-state index contributed by atoms with van der Waals surface area (Å²) in [5.74, 6) is -1.10. The van der Waals surface area contributed by atoms with Gasteiger partial charge in [0, 0.05) is 29.8 Å². The quantitative estimate of drug-likeness (QED) is 0.647. The van der Waals surface area contributed by atoms with Crippen LogP contribution >= 0.6 is 15.9 Å². The molecule has 1 N–H and O–H groups in total. The molecule has 0 radical (unpaired) electrons. The first-order valence-electron chi connectivity index (χ1n) is 5.64. The number of amides is 1. The fraction of sp³-hybridized carbons (Fsp3) is 0.385. The highest BCUT2D eigenvalue weighted by atomic mass is 79.9. The molecule has 0 bridgehead atoms. The molecule has 0 fully saturated rings. The van der Waals surface area contributed by atoms with Crippen LogP contribution in [0.25, 0.3) is 0 Å². The molecule has 0 aliphatic rings. The van der Waals surface area contributed by atoms with E-state index in [1.165, 1.54) is 0 Å². The molecule has 0 saturated carbocycles. The second-order valence-corrected chi connectivity index (χ2v) is 4.91. The summed E-state index contributed by atoms with van der Waals surface area (Å²) >= 11 is 3.27. The molecular weight excluding hydrogens is 298 g/mol. The lowest BCUT2D eigenvalue weighted by atomic mass is 10.1. The van der Waals surface area contributed by atoms with Crippen LogP contribution < -0.4 is 5.32 Å². The maximum absolute atomic E-state index is 11.8. The van der Waals surface area contributed by atoms with Crippen LogP contribution in [0.15, 0.2) is 28.7 Å². The normalized spacial score (nSPS) is 11.9. The van der Waals surface area contributed by atoms with Gasteiger partial charge in [-0.1, -0.05) is 15.9 Å². The third-order valence-corrected chi connectivity index (χ3v) is 2.97. The fourth-order valence-corrected chi connectivity index (χ4v) is 1.65. The van der Waals surface area contributed by atoms with Crippen molar-refractivity contribution in [2.75, 3.05) is 13.7 Å². The first-order valence-corrected chi connectivity index (χ1v) is 6.43. The monoisotopic (exact) mass is 313 g/mol. The van der Waals surface area contributed by atoms with Gasteiger partial charge in [0.2, 0.25) is 5.78 Å². The molecule has 5 heteroatoms. The number of ether oxygens (including phenoxy) is 1. The predicted octanol–water partition coefficient (Wildman–Crippen LogP) is 2.17. The average molecular weight is 314 g/mol. The lowest BCUT2D eigenvalue weighted by Gasteiger charge is -2.12. The lowest BCUT2D eigenvalue weighted by molar-refractivity contribution is -0.117. The van der Waals surface area contributed by atoms with Crippen molar-refractivity contribution in [3.8, 4) is 0 Å². The Bertz CT molecular complexity index is 417. The third-order valence-electron chi connectivity index (χ3n) is 2.45. The average Bonchev–Trinajstić information content (AvgIpc) is 2.36. The van der Waals surface area contributed by atoms with Gasteiger partial charge in [0.15, 0.2) is 0 Å². The van der Waals surface area contributed by atoms with Crippen molar-refractivity contribution in [2.24, 2.45) is 0 Å². The van der Waals surface area contributed by atoms with Crippen molar-refractivity contribution >= 4 is 27.6 Å². The van der Waals surface area contributed by atoms with Crippen LogP contribution in [0.5, 0.6) is 0 Å². The summed E-state index contributed by atoms with van der Waals surface area (Å²) < 4.78 is 5.78. The molecule has 1 aromatic carbocycles. The van der Waals surface area contributed by atoms with Crippen molar-refractivity contribution in [2.45, 2.75) is 19.4 Å². The van der Waals surface area contributed by atoms with Gasteiger partial charge in [-0.25, -0.2) is 0 Å². The molecule has 18 heavy (non-hydrogen) atoms. The minimum absolute atomic E-state index is 0.0863. The number of carbonyl (C=O) groups excluding carboxylic acids is 2. The van der Waals surface area contributed by atoms with Crippen LogP contribution in [-0.2, 0) is 9.53 Å². The van der Waals surface area contributed by atoms with E-state index in [4.69, 9.17) is 4.74 Å². The highest BCUT2D eigenvalue weighted by Crippen LogP contribution is 2.11. The minimum atomic E-state index is -0.582. The minimum Gasteiger partial charge on any atom is -0.385 e. The number of methoxy groups -OCH3 is 1. The second-order valence-electron chi connectivity index (χ2n) is 3.99. The summed E-state index contributed by atoms with van der Waals surface area (Å²) in [6.45, 7) is 2.39. The van der Waals surface area contributed by atoms with E-state index >= 15 is 0 Å². The van der Waals surface area contributed by atoms with Gasteiger partial charge < -0.3 is 10.1 Å². The van der Waals surface area contributed by atoms with Gasteiger partial charge in [-0.2, -0.15) is 0 Å². The Morgan fingerprint density at radius 1 is 1.33 bits per heavy atom. The zero-order valence-corrected chi connectivity index (χ0v) is 12.0. The van der Waals surface area contributed by atoms with E-state index in [9.17, 15) is 9.59 Å². The Morgan fingerprint density at radius 3 is 2.50 bits per heavy atom. The number of carbonyl (C=O) groups is 2. The smallest absolute Gasteiger partial charge is 0.292 e. The molecule has 0 saturated heterocycles. The summed E-state index contributed by atoms with van der Waals surface area (Å²) in [4.78, 5) is 23.5. The van der Waals surface area contributed by atoms with Gasteiger partial charge >= 0.3 is 0 Å². The zero-order valence-electron chi connectivity index (χ0n) is 10.4. The van der Waals surface area contributed by atoms with Gasteiger partial charge in [0.1, 0.15) is 0 Å². The molecule has 0 unspecified atom stereocenters. The molecule has 1 rings (SSSR count). The second kappa shape index (κ2) is 7.28. The third kappa shape index (κ3) is 4.58. The number of hydrogen-bond donors (Lipinski definition) is 1. The Balaban J connectivity index is 2.56. The number of hydrogen-bond acceptors (Lipinski definition) is 3. The molecular formula is C13H16BrNO3. The molecule has 1 atom stereocenters. The zero-order chi connectivity index (χ0) is 13.5. The van der Waals surface area contributed by atoms with E-state index in [2.05, 4.69) is 21.2 Å². The van der Waals surface area contributed by atoms with Crippen LogP contribution in [0, 0.1) is 0 Å². The van der Waals surface area contributed by atoms with Crippen molar-refractivity contribution in [3.05, 3.63) is 34.3 Å². The first kappa shape index (κ1) is 14.9. The van der Waals surface area contributed by atoms with Gasteiger partial charge in [-0.05, 0) is 37.6 Å². The van der Waals surface area contributed by atoms with Crippen LogP contribution in [0.4, 0.5) is 0 Å². The molecule has 0 aliphatic carbocycles. The summed E-state index contributed by atoms with van der Waals surface area (Å²) in [6, 6.07) is 6.61. The predicted molar refractivity (Wildman–Crippen MR) is 72.6 cm³/mol. The summed E-state index contributed by atoms with van der Waals surface area (Å²) in [5, 5.41) is 2.65. The number of ketones is 1. The molecule has 0 aromatic heterocycles. The first-order chi connectivity index (χ1) is 8.54. The van der Waals surface area contributed by atoms with Gasteiger partial charge in [-0.15, -0.1) is 0 Å². The summed E-state index contributed by atoms with van der Waals surface area (Å²) in [6.07, 6.45) is 0.676. The van der Waals surface area contributed by atoms with Crippen molar-refractivity contribution in [1.29, 1.82) is 0 Å². The van der Waals surface area contributed by atoms with Crippen molar-refractivity contribution in [1.82, 2.24) is 5.32 Å². The summed E-state index contributed by atoms with van der Waals surface area (Å²) in [5.41, 5.74) is 0.384. The van der Waals surface area contributed by atoms with Crippen molar-refractivity contribution < 1.29 is 14.3 Å². The van der Waals surface area contributed by atoms with Crippen LogP contribution in [0.3, 0.4) is 0 Å². The van der Waals surface area contributed by atoms with Crippen LogP contribution in [-0.4, -0.2) is 31.4 Å². The Hall–Kier alpha value is -1.20.